The van der Waals surface area contributed by atoms with Gasteiger partial charge in [-0.3, -0.25) is 0 Å². The monoisotopic (exact) mass is 289 g/mol. The molecule has 1 aliphatic heterocycles. The van der Waals surface area contributed by atoms with Crippen molar-refractivity contribution in [3.8, 4) is 11.5 Å². The summed E-state index contributed by atoms with van der Waals surface area (Å²) in [5.74, 6) is 1.51. The summed E-state index contributed by atoms with van der Waals surface area (Å²) in [7, 11) is 3.30. The van der Waals surface area contributed by atoms with Crippen molar-refractivity contribution < 1.29 is 13.9 Å². The lowest BCUT2D eigenvalue weighted by Crippen LogP contribution is -2.30. The number of nitrogens with two attached hydrogens (primary N) is 1. The van der Waals surface area contributed by atoms with E-state index in [1.54, 1.807) is 20.5 Å². The Balaban J connectivity index is 1.87. The summed E-state index contributed by atoms with van der Waals surface area (Å²) < 4.78 is 16.2. The molecule has 0 fully saturated rings. The lowest BCUT2D eigenvalue weighted by molar-refractivity contribution is 0.353. The van der Waals surface area contributed by atoms with E-state index in [1.165, 1.54) is 11.1 Å². The van der Waals surface area contributed by atoms with E-state index < -0.39 is 0 Å². The normalized spacial score (nSPS) is 14.0. The van der Waals surface area contributed by atoms with Crippen molar-refractivity contribution in [3.05, 3.63) is 35.2 Å². The first kappa shape index (κ1) is 13.8. The second kappa shape index (κ2) is 5.65. The molecule has 0 atom stereocenters. The van der Waals surface area contributed by atoms with Gasteiger partial charge >= 0.3 is 0 Å². The second-order valence-corrected chi connectivity index (χ2v) is 4.97. The van der Waals surface area contributed by atoms with Crippen LogP contribution in [-0.2, 0) is 19.5 Å². The van der Waals surface area contributed by atoms with Crippen LogP contribution in [0.2, 0.25) is 0 Å². The molecule has 2 aromatic rings. The first-order valence-corrected chi connectivity index (χ1v) is 6.88. The van der Waals surface area contributed by atoms with Gasteiger partial charge in [0, 0.05) is 19.6 Å². The molecule has 0 radical (unpaired) electrons. The third kappa shape index (κ3) is 2.54. The first-order chi connectivity index (χ1) is 10.2. The van der Waals surface area contributed by atoms with Crippen LogP contribution in [0, 0.1) is 0 Å². The number of fused-ring (bicyclic) bond motifs is 1. The van der Waals surface area contributed by atoms with Crippen LogP contribution in [0.25, 0.3) is 0 Å². The van der Waals surface area contributed by atoms with Gasteiger partial charge in [0.1, 0.15) is 6.26 Å². The zero-order valence-corrected chi connectivity index (χ0v) is 12.3. The fourth-order valence-corrected chi connectivity index (χ4v) is 2.58. The lowest BCUT2D eigenvalue weighted by Gasteiger charge is -2.28. The smallest absolute Gasteiger partial charge is 0.297 e. The van der Waals surface area contributed by atoms with Gasteiger partial charge in [0.2, 0.25) is 0 Å². The summed E-state index contributed by atoms with van der Waals surface area (Å²) in [4.78, 5) is 6.48. The number of nitrogens with zero attached hydrogens (tertiary/aromatic N) is 2. The summed E-state index contributed by atoms with van der Waals surface area (Å²) in [6.45, 7) is 1.98. The van der Waals surface area contributed by atoms with E-state index in [4.69, 9.17) is 19.6 Å². The fraction of sp³-hybridized carbons (Fsp3) is 0.400. The minimum Gasteiger partial charge on any atom is -0.493 e. The van der Waals surface area contributed by atoms with E-state index in [2.05, 4.69) is 9.88 Å². The maximum atomic E-state index is 5.57. The Morgan fingerprint density at radius 1 is 1.24 bits per heavy atom. The molecule has 21 heavy (non-hydrogen) atoms. The molecule has 6 nitrogen and oxygen atoms in total. The van der Waals surface area contributed by atoms with Crippen LogP contribution in [0.1, 0.15) is 16.8 Å². The predicted octanol–water partition coefficient (Wildman–Crippen LogP) is 1.71. The summed E-state index contributed by atoms with van der Waals surface area (Å²) in [6, 6.07) is 4.69. The molecule has 0 bridgehead atoms. The molecule has 112 valence electrons. The highest BCUT2D eigenvalue weighted by Crippen LogP contribution is 2.34. The van der Waals surface area contributed by atoms with Crippen LogP contribution < -0.4 is 20.1 Å². The number of oxazole rings is 1. The molecule has 1 aliphatic rings. The third-order valence-electron chi connectivity index (χ3n) is 3.74. The van der Waals surface area contributed by atoms with Crippen molar-refractivity contribution in [2.45, 2.75) is 19.5 Å². The van der Waals surface area contributed by atoms with Gasteiger partial charge in [-0.2, -0.15) is 4.98 Å². The number of methoxy groups -OCH3 is 2. The number of anilines is 1. The van der Waals surface area contributed by atoms with Crippen molar-refractivity contribution in [2.75, 3.05) is 25.7 Å². The molecule has 0 saturated heterocycles. The highest BCUT2D eigenvalue weighted by molar-refractivity contribution is 5.50. The Morgan fingerprint density at radius 3 is 2.57 bits per heavy atom. The van der Waals surface area contributed by atoms with Crippen molar-refractivity contribution in [1.82, 2.24) is 4.98 Å². The van der Waals surface area contributed by atoms with Crippen LogP contribution in [-0.4, -0.2) is 25.7 Å². The molecule has 3 rings (SSSR count). The van der Waals surface area contributed by atoms with Crippen molar-refractivity contribution in [2.24, 2.45) is 5.73 Å². The number of ether oxygens (including phenoxy) is 2. The van der Waals surface area contributed by atoms with E-state index in [0.29, 0.717) is 12.6 Å². The molecule has 1 aromatic heterocycles. The largest absolute Gasteiger partial charge is 0.493 e. The maximum absolute atomic E-state index is 5.57. The molecule has 0 spiro atoms. The lowest BCUT2D eigenvalue weighted by atomic mass is 9.99. The Bertz CT molecular complexity index is 639. The van der Waals surface area contributed by atoms with Crippen LogP contribution in [0.3, 0.4) is 0 Å². The Morgan fingerprint density at radius 2 is 1.95 bits per heavy atom. The Kier molecular flexibility index (Phi) is 3.70. The van der Waals surface area contributed by atoms with Gasteiger partial charge in [-0.1, -0.05) is 0 Å². The van der Waals surface area contributed by atoms with E-state index >= 15 is 0 Å². The summed E-state index contributed by atoms with van der Waals surface area (Å²) in [6.07, 6.45) is 2.52. The molecule has 0 unspecified atom stereocenters. The topological polar surface area (TPSA) is 73.8 Å². The zero-order chi connectivity index (χ0) is 14.8. The van der Waals surface area contributed by atoms with Gasteiger partial charge in [-0.15, -0.1) is 0 Å². The van der Waals surface area contributed by atoms with Gasteiger partial charge in [0.25, 0.3) is 6.01 Å². The average Bonchev–Trinajstić information content (AvgIpc) is 3.02. The SMILES string of the molecule is COc1cc2c(cc1OC)CN(c1nc(CN)co1)CC2. The van der Waals surface area contributed by atoms with Gasteiger partial charge in [-0.05, 0) is 29.7 Å². The third-order valence-corrected chi connectivity index (χ3v) is 3.74. The van der Waals surface area contributed by atoms with Gasteiger partial charge in [0.05, 0.1) is 19.9 Å². The Hall–Kier alpha value is -2.21. The molecular weight excluding hydrogens is 270 g/mol. The van der Waals surface area contributed by atoms with E-state index in [9.17, 15) is 0 Å². The van der Waals surface area contributed by atoms with Crippen LogP contribution in [0.5, 0.6) is 11.5 Å². The maximum Gasteiger partial charge on any atom is 0.297 e. The predicted molar refractivity (Wildman–Crippen MR) is 78.7 cm³/mol. The molecule has 2 N–H and O–H groups in total. The van der Waals surface area contributed by atoms with Gasteiger partial charge < -0.3 is 24.5 Å². The molecule has 0 aliphatic carbocycles. The quantitative estimate of drug-likeness (QED) is 0.923. The molecule has 0 amide bonds. The van der Waals surface area contributed by atoms with Crippen LogP contribution >= 0.6 is 0 Å². The summed E-state index contributed by atoms with van der Waals surface area (Å²) in [5.41, 5.74) is 8.81. The van der Waals surface area contributed by atoms with Crippen LogP contribution in [0.4, 0.5) is 6.01 Å². The minimum absolute atomic E-state index is 0.388. The zero-order valence-electron chi connectivity index (χ0n) is 12.3. The number of hydrogen-bond donors (Lipinski definition) is 1. The summed E-state index contributed by atoms with van der Waals surface area (Å²) in [5, 5.41) is 0. The van der Waals surface area contributed by atoms with Crippen molar-refractivity contribution >= 4 is 6.01 Å². The van der Waals surface area contributed by atoms with Crippen molar-refractivity contribution in [3.63, 3.8) is 0 Å². The average molecular weight is 289 g/mol. The number of benzene rings is 1. The highest BCUT2D eigenvalue weighted by Gasteiger charge is 2.22. The van der Waals surface area contributed by atoms with E-state index in [0.717, 1.165) is 36.7 Å². The molecule has 6 heteroatoms. The van der Waals surface area contributed by atoms with Crippen LogP contribution in [0.15, 0.2) is 22.8 Å². The van der Waals surface area contributed by atoms with Gasteiger partial charge in [0.15, 0.2) is 11.5 Å². The minimum atomic E-state index is 0.388. The highest BCUT2D eigenvalue weighted by atomic mass is 16.5. The second-order valence-electron chi connectivity index (χ2n) is 4.97. The van der Waals surface area contributed by atoms with Gasteiger partial charge in [-0.25, -0.2) is 0 Å². The van der Waals surface area contributed by atoms with E-state index in [-0.39, 0.29) is 0 Å². The van der Waals surface area contributed by atoms with Crippen molar-refractivity contribution in [1.29, 1.82) is 0 Å². The molecule has 0 saturated carbocycles. The fourth-order valence-electron chi connectivity index (χ4n) is 2.58. The molecule has 1 aromatic carbocycles. The first-order valence-electron chi connectivity index (χ1n) is 6.88. The standard InChI is InChI=1S/C15H19N3O3/c1-19-13-5-10-3-4-18(8-11(10)6-14(13)20-2)15-17-12(7-16)9-21-15/h5-6,9H,3-4,7-8,16H2,1-2H3. The number of aromatic nitrogens is 1. The molecular formula is C15H19N3O3. The molecule has 2 heterocycles. The Labute approximate surface area is 123 Å². The summed E-state index contributed by atoms with van der Waals surface area (Å²) >= 11 is 0. The number of hydrogen-bond acceptors (Lipinski definition) is 6. The van der Waals surface area contributed by atoms with E-state index in [1.807, 2.05) is 12.1 Å². The number of rotatable bonds is 4.